The first-order chi connectivity index (χ1) is 1.73. The van der Waals surface area contributed by atoms with Gasteiger partial charge >= 0.3 is 23.1 Å². The molecule has 0 bridgehead atoms. The van der Waals surface area contributed by atoms with Crippen LogP contribution in [0.2, 0.25) is 0 Å². The van der Waals surface area contributed by atoms with Crippen LogP contribution in [0.1, 0.15) is 2.85 Å². The summed E-state index contributed by atoms with van der Waals surface area (Å²) in [6, 6.07) is 0. The zero-order valence-corrected chi connectivity index (χ0v) is 7.65. The molecule has 14 N–H and O–H groups in total. The summed E-state index contributed by atoms with van der Waals surface area (Å²) in [5.74, 6) is 0. The molecule has 0 aliphatic rings. The van der Waals surface area contributed by atoms with E-state index < -0.39 is 11.4 Å². The van der Waals surface area contributed by atoms with E-state index in [2.05, 4.69) is 0 Å². The van der Waals surface area contributed by atoms with Gasteiger partial charge in [-0.05, 0) is 0 Å². The fraction of sp³-hybridized carbons (Fsp3) is 0. The van der Waals surface area contributed by atoms with Gasteiger partial charge in [-0.2, -0.15) is 4.21 Å². The van der Waals surface area contributed by atoms with E-state index in [0.717, 1.165) is 0 Å². The summed E-state index contributed by atoms with van der Waals surface area (Å²) in [5, 5.41) is 0. The maximum atomic E-state index is 8.67. The summed E-state index contributed by atoms with van der Waals surface area (Å²) < 4.78 is 22.8. The van der Waals surface area contributed by atoms with Crippen molar-refractivity contribution in [3.8, 4) is 0 Å². The predicted molar refractivity (Wildman–Crippen MR) is 43.1 cm³/mol. The van der Waals surface area contributed by atoms with Gasteiger partial charge in [0.25, 0.3) is 11.4 Å². The molecule has 0 atom stereocenters. The summed E-state index contributed by atoms with van der Waals surface area (Å²) in [4.78, 5) is 0. The van der Waals surface area contributed by atoms with Crippen LogP contribution in [-0.4, -0.2) is 69.2 Å². The molecule has 78 valence electrons. The van der Waals surface area contributed by atoms with E-state index >= 15 is 0 Å². The molecular formula is H16MgO9S. The van der Waals surface area contributed by atoms with E-state index in [1.165, 1.54) is 0 Å². The topological polar surface area (TPSA) is 247 Å². The normalized spacial score (nSPS) is 3.18. The Kier molecular flexibility index (Phi) is 691. The molecule has 0 aromatic carbocycles. The van der Waals surface area contributed by atoms with E-state index in [1.807, 2.05) is 0 Å². The van der Waals surface area contributed by atoms with Crippen LogP contribution in [0.5, 0.6) is 0 Å². The van der Waals surface area contributed by atoms with Crippen LogP contribution in [0, 0.1) is 0 Å². The fourth-order valence-corrected chi connectivity index (χ4v) is 0. The molecule has 0 saturated heterocycles. The van der Waals surface area contributed by atoms with Crippen LogP contribution in [0.3, 0.4) is 0 Å². The minimum atomic E-state index is -2.61. The summed E-state index contributed by atoms with van der Waals surface area (Å²) in [6.07, 6.45) is 0. The van der Waals surface area contributed by atoms with E-state index in [4.69, 9.17) is 13.3 Å². The Morgan fingerprint density at radius 3 is 0.818 bits per heavy atom. The standard InChI is InChI=1S/Mg.H2O3S.6H2O.2H/c;1-4(2)3;;;;;;;;/h;(H2,1,2,3);6*1H2;;/q+2;;;;;;;;2*-1. The largest absolute Gasteiger partial charge is 2.00 e. The third kappa shape index (κ3) is 2200. The first-order valence-electron chi connectivity index (χ1n) is 0.532. The second-order valence-corrected chi connectivity index (χ2v) is 0.692. The summed E-state index contributed by atoms with van der Waals surface area (Å²) >= 11 is -2.61. The van der Waals surface area contributed by atoms with Crippen LogP contribution in [0.25, 0.3) is 0 Å². The summed E-state index contributed by atoms with van der Waals surface area (Å²) in [7, 11) is 0. The number of hydrogen-bond acceptors (Lipinski definition) is 1. The molecule has 0 unspecified atom stereocenters. The van der Waals surface area contributed by atoms with E-state index in [0.29, 0.717) is 0 Å². The van der Waals surface area contributed by atoms with Crippen molar-refractivity contribution in [2.75, 3.05) is 0 Å². The van der Waals surface area contributed by atoms with Crippen LogP contribution < -0.4 is 0 Å². The third-order valence-corrected chi connectivity index (χ3v) is 0. The van der Waals surface area contributed by atoms with Gasteiger partial charge in [-0.15, -0.1) is 0 Å². The molecule has 0 radical (unpaired) electrons. The molecule has 0 aromatic rings. The zero-order chi connectivity index (χ0) is 3.58. The molecule has 0 aliphatic carbocycles. The third-order valence-electron chi connectivity index (χ3n) is 0. The molecule has 11 heavy (non-hydrogen) atoms. The predicted octanol–water partition coefficient (Wildman–Crippen LogP) is -5.42. The molecular weight excluding hydrogens is 200 g/mol. The SMILES string of the molecule is O.O.O.O.O.O.O=S(O)O.[H-].[H-].[Mg+2]. The van der Waals surface area contributed by atoms with Crippen molar-refractivity contribution >= 4 is 34.4 Å². The minimum Gasteiger partial charge on any atom is -1.00 e. The van der Waals surface area contributed by atoms with Gasteiger partial charge < -0.3 is 35.7 Å². The van der Waals surface area contributed by atoms with Gasteiger partial charge in [-0.1, -0.05) is 0 Å². The van der Waals surface area contributed by atoms with Gasteiger partial charge in [0, 0.05) is 0 Å². The molecule has 0 amide bonds. The van der Waals surface area contributed by atoms with Gasteiger partial charge in [-0.25, -0.2) is 0 Å². The van der Waals surface area contributed by atoms with E-state index in [9.17, 15) is 0 Å². The zero-order valence-electron chi connectivity index (χ0n) is 7.42. The van der Waals surface area contributed by atoms with Crippen molar-refractivity contribution in [3.05, 3.63) is 0 Å². The van der Waals surface area contributed by atoms with E-state index in [-0.39, 0.29) is 58.8 Å². The van der Waals surface area contributed by atoms with Crippen LogP contribution in [-0.2, 0) is 11.4 Å². The van der Waals surface area contributed by atoms with Gasteiger partial charge in [0.1, 0.15) is 0 Å². The maximum absolute atomic E-state index is 8.67. The number of rotatable bonds is 0. The van der Waals surface area contributed by atoms with Gasteiger partial charge in [0.15, 0.2) is 0 Å². The average Bonchev–Trinajstić information content (AvgIpc) is 0.811. The van der Waals surface area contributed by atoms with Crippen molar-refractivity contribution in [1.82, 2.24) is 0 Å². The molecule has 0 aromatic heterocycles. The molecule has 0 fully saturated rings. The van der Waals surface area contributed by atoms with Crippen molar-refractivity contribution < 1.29 is 49.0 Å². The number of hydrogen-bond donors (Lipinski definition) is 2. The Hall–Kier alpha value is 0.596. The Morgan fingerprint density at radius 1 is 0.818 bits per heavy atom. The first-order valence-corrected chi connectivity index (χ1v) is 1.60. The fourth-order valence-electron chi connectivity index (χ4n) is 0. The first kappa shape index (κ1) is 101. The Balaban J connectivity index is -0.00000000125. The average molecular weight is 216 g/mol. The van der Waals surface area contributed by atoms with Crippen molar-refractivity contribution in [2.24, 2.45) is 0 Å². The maximum Gasteiger partial charge on any atom is 2.00 e. The van der Waals surface area contributed by atoms with Crippen molar-refractivity contribution in [2.45, 2.75) is 0 Å². The van der Waals surface area contributed by atoms with Gasteiger partial charge in [-0.3, -0.25) is 9.11 Å². The van der Waals surface area contributed by atoms with Crippen molar-refractivity contribution in [3.63, 3.8) is 0 Å². The molecule has 0 aliphatic heterocycles. The molecule has 0 saturated carbocycles. The summed E-state index contributed by atoms with van der Waals surface area (Å²) in [5.41, 5.74) is 0. The molecule has 9 nitrogen and oxygen atoms in total. The Morgan fingerprint density at radius 2 is 0.818 bits per heavy atom. The smallest absolute Gasteiger partial charge is 1.00 e. The van der Waals surface area contributed by atoms with Crippen LogP contribution in [0.15, 0.2) is 0 Å². The monoisotopic (exact) mass is 216 g/mol. The molecule has 11 heteroatoms. The molecule has 0 rings (SSSR count). The summed E-state index contributed by atoms with van der Waals surface area (Å²) in [6.45, 7) is 0. The van der Waals surface area contributed by atoms with Crippen LogP contribution in [0.4, 0.5) is 0 Å². The van der Waals surface area contributed by atoms with Gasteiger partial charge in [0.05, 0.1) is 0 Å². The second kappa shape index (κ2) is 75.4. The van der Waals surface area contributed by atoms with Gasteiger partial charge in [0.2, 0.25) is 0 Å². The minimum absolute atomic E-state index is 0. The van der Waals surface area contributed by atoms with E-state index in [1.54, 1.807) is 0 Å². The Bertz CT molecular complexity index is 40.6. The van der Waals surface area contributed by atoms with Crippen LogP contribution >= 0.6 is 0 Å². The quantitative estimate of drug-likeness (QED) is 0.297. The Labute approximate surface area is 83.9 Å². The van der Waals surface area contributed by atoms with Crippen molar-refractivity contribution in [1.29, 1.82) is 0 Å². The second-order valence-electron chi connectivity index (χ2n) is 0.231. The molecule has 0 heterocycles. The molecule has 0 spiro atoms.